The fraction of sp³-hybridized carbons (Fsp3) is 0.143. The van der Waals surface area contributed by atoms with Crippen molar-refractivity contribution in [3.63, 3.8) is 0 Å². The number of hydrogen-bond donors (Lipinski definition) is 0. The molecule has 11 heavy (non-hydrogen) atoms. The van der Waals surface area contributed by atoms with E-state index in [1.54, 1.807) is 0 Å². The molecule has 2 aromatic rings. The number of rotatable bonds is 0. The molecule has 0 aliphatic rings. The highest BCUT2D eigenvalue weighted by Crippen LogP contribution is 2.04. The van der Waals surface area contributed by atoms with Gasteiger partial charge in [0, 0.05) is 12.4 Å². The lowest BCUT2D eigenvalue weighted by atomic mass is 10.6. The molecule has 0 aromatic carbocycles. The van der Waals surface area contributed by atoms with E-state index in [-0.39, 0.29) is 0 Å². The zero-order chi connectivity index (χ0) is 7.84. The molecule has 2 rings (SSSR count). The lowest BCUT2D eigenvalue weighted by Crippen LogP contribution is -1.88. The number of fused-ring (bicyclic) bond motifs is 1. The van der Waals surface area contributed by atoms with E-state index in [0.29, 0.717) is 0 Å². The van der Waals surface area contributed by atoms with Crippen LogP contribution in [-0.4, -0.2) is 14.4 Å². The summed E-state index contributed by atoms with van der Waals surface area (Å²) in [4.78, 5) is 8.46. The third-order valence-corrected chi connectivity index (χ3v) is 2.01. The van der Waals surface area contributed by atoms with E-state index in [1.165, 1.54) is 0 Å². The largest absolute Gasteiger partial charge is 0.291 e. The van der Waals surface area contributed by atoms with Crippen LogP contribution in [0.15, 0.2) is 18.5 Å². The molecule has 0 saturated heterocycles. The molecule has 0 amide bonds. The third kappa shape index (κ3) is 1.22. The standard InChI is InChI=1S/C7H6IN3/c1-5-4-11-3-2-6(8)10-7(11)9-5/h2-4H,1H3. The Morgan fingerprint density at radius 3 is 3.09 bits per heavy atom. The first-order valence-electron chi connectivity index (χ1n) is 3.23. The Hall–Kier alpha value is -0.650. The summed E-state index contributed by atoms with van der Waals surface area (Å²) in [5, 5.41) is 0. The first-order valence-corrected chi connectivity index (χ1v) is 4.31. The highest BCUT2D eigenvalue weighted by atomic mass is 127. The molecule has 2 heterocycles. The number of imidazole rings is 1. The first-order chi connectivity index (χ1) is 5.25. The minimum absolute atomic E-state index is 0.773. The molecule has 0 unspecified atom stereocenters. The number of nitrogens with zero attached hydrogens (tertiary/aromatic N) is 3. The van der Waals surface area contributed by atoms with Gasteiger partial charge in [-0.15, -0.1) is 0 Å². The van der Waals surface area contributed by atoms with Crippen molar-refractivity contribution in [3.8, 4) is 0 Å². The molecule has 0 aliphatic heterocycles. The summed E-state index contributed by atoms with van der Waals surface area (Å²) in [7, 11) is 0. The summed E-state index contributed by atoms with van der Waals surface area (Å²) in [6, 6.07) is 1.95. The Labute approximate surface area is 77.6 Å². The van der Waals surface area contributed by atoms with Crippen molar-refractivity contribution in [2.75, 3.05) is 0 Å². The Bertz CT molecular complexity index is 393. The van der Waals surface area contributed by atoms with Crippen molar-refractivity contribution in [1.29, 1.82) is 0 Å². The minimum atomic E-state index is 0.773. The van der Waals surface area contributed by atoms with Gasteiger partial charge in [0.05, 0.1) is 5.69 Å². The topological polar surface area (TPSA) is 30.2 Å². The van der Waals surface area contributed by atoms with E-state index in [0.717, 1.165) is 15.2 Å². The Morgan fingerprint density at radius 1 is 1.45 bits per heavy atom. The van der Waals surface area contributed by atoms with Gasteiger partial charge in [-0.2, -0.15) is 0 Å². The monoisotopic (exact) mass is 259 g/mol. The molecule has 0 saturated carbocycles. The number of aromatic nitrogens is 3. The summed E-state index contributed by atoms with van der Waals surface area (Å²) in [5.74, 6) is 0.773. The van der Waals surface area contributed by atoms with E-state index < -0.39 is 0 Å². The van der Waals surface area contributed by atoms with Crippen LogP contribution in [-0.2, 0) is 0 Å². The third-order valence-electron chi connectivity index (χ3n) is 1.41. The molecular weight excluding hydrogens is 253 g/mol. The highest BCUT2D eigenvalue weighted by Gasteiger charge is 1.97. The van der Waals surface area contributed by atoms with Crippen molar-refractivity contribution in [1.82, 2.24) is 14.4 Å². The second-order valence-electron chi connectivity index (χ2n) is 2.34. The summed E-state index contributed by atoms with van der Waals surface area (Å²) >= 11 is 2.17. The summed E-state index contributed by atoms with van der Waals surface area (Å²) in [6.45, 7) is 1.96. The van der Waals surface area contributed by atoms with Crippen LogP contribution >= 0.6 is 22.6 Å². The van der Waals surface area contributed by atoms with Gasteiger partial charge in [-0.05, 0) is 35.6 Å². The molecule has 0 aliphatic carbocycles. The first kappa shape index (κ1) is 7.02. The fourth-order valence-corrected chi connectivity index (χ4v) is 1.35. The van der Waals surface area contributed by atoms with Crippen LogP contribution in [0.2, 0.25) is 0 Å². The summed E-state index contributed by atoms with van der Waals surface area (Å²) in [5.41, 5.74) is 1.000. The van der Waals surface area contributed by atoms with Crippen LogP contribution in [0.3, 0.4) is 0 Å². The molecule has 4 heteroatoms. The second kappa shape index (κ2) is 2.44. The Kier molecular flexibility index (Phi) is 1.56. The number of halogens is 1. The van der Waals surface area contributed by atoms with Crippen molar-refractivity contribution in [2.24, 2.45) is 0 Å². The Balaban J connectivity index is 2.82. The van der Waals surface area contributed by atoms with Crippen LogP contribution in [0, 0.1) is 10.6 Å². The van der Waals surface area contributed by atoms with Gasteiger partial charge >= 0.3 is 0 Å². The maximum atomic E-state index is 4.23. The van der Waals surface area contributed by atoms with Gasteiger partial charge in [0.15, 0.2) is 0 Å². The molecule has 0 bridgehead atoms. The van der Waals surface area contributed by atoms with Gasteiger partial charge in [0.1, 0.15) is 3.70 Å². The van der Waals surface area contributed by atoms with Crippen LogP contribution in [0.4, 0.5) is 0 Å². The molecule has 0 spiro atoms. The quantitative estimate of drug-likeness (QED) is 0.531. The smallest absolute Gasteiger partial charge is 0.234 e. The Morgan fingerprint density at radius 2 is 2.27 bits per heavy atom. The molecule has 2 aromatic heterocycles. The molecule has 0 radical (unpaired) electrons. The van der Waals surface area contributed by atoms with Gasteiger partial charge in [-0.1, -0.05) is 0 Å². The zero-order valence-electron chi connectivity index (χ0n) is 5.95. The van der Waals surface area contributed by atoms with Gasteiger partial charge < -0.3 is 0 Å². The SMILES string of the molecule is Cc1cn2ccc(I)nc2n1. The predicted octanol–water partition coefficient (Wildman–Crippen LogP) is 1.64. The average Bonchev–Trinajstić information content (AvgIpc) is 2.27. The zero-order valence-corrected chi connectivity index (χ0v) is 8.11. The van der Waals surface area contributed by atoms with Crippen molar-refractivity contribution >= 4 is 28.4 Å². The van der Waals surface area contributed by atoms with E-state index in [1.807, 2.05) is 29.8 Å². The summed E-state index contributed by atoms with van der Waals surface area (Å²) in [6.07, 6.45) is 3.92. The van der Waals surface area contributed by atoms with Gasteiger partial charge in [0.2, 0.25) is 5.78 Å². The van der Waals surface area contributed by atoms with E-state index in [9.17, 15) is 0 Å². The second-order valence-corrected chi connectivity index (χ2v) is 3.45. The molecular formula is C7H6IN3. The molecule has 0 atom stereocenters. The minimum Gasteiger partial charge on any atom is -0.291 e. The maximum Gasteiger partial charge on any atom is 0.234 e. The van der Waals surface area contributed by atoms with E-state index in [4.69, 9.17) is 0 Å². The lowest BCUT2D eigenvalue weighted by Gasteiger charge is -1.90. The van der Waals surface area contributed by atoms with Crippen molar-refractivity contribution < 1.29 is 0 Å². The van der Waals surface area contributed by atoms with Crippen molar-refractivity contribution in [2.45, 2.75) is 6.92 Å². The van der Waals surface area contributed by atoms with Crippen LogP contribution < -0.4 is 0 Å². The van der Waals surface area contributed by atoms with Gasteiger partial charge in [-0.25, -0.2) is 9.97 Å². The molecule has 56 valence electrons. The van der Waals surface area contributed by atoms with Crippen molar-refractivity contribution in [3.05, 3.63) is 27.9 Å². The van der Waals surface area contributed by atoms with Gasteiger partial charge in [-0.3, -0.25) is 4.40 Å². The van der Waals surface area contributed by atoms with Crippen LogP contribution in [0.25, 0.3) is 5.78 Å². The number of aryl methyl sites for hydroxylation is 1. The average molecular weight is 259 g/mol. The van der Waals surface area contributed by atoms with Crippen LogP contribution in [0.5, 0.6) is 0 Å². The van der Waals surface area contributed by atoms with E-state index >= 15 is 0 Å². The molecule has 0 N–H and O–H groups in total. The fourth-order valence-electron chi connectivity index (χ4n) is 0.970. The predicted molar refractivity (Wildman–Crippen MR) is 50.4 cm³/mol. The summed E-state index contributed by atoms with van der Waals surface area (Å²) < 4.78 is 2.89. The molecule has 3 nitrogen and oxygen atoms in total. The molecule has 0 fully saturated rings. The van der Waals surface area contributed by atoms with E-state index in [2.05, 4.69) is 32.6 Å². The highest BCUT2D eigenvalue weighted by molar-refractivity contribution is 14.1. The number of hydrogen-bond acceptors (Lipinski definition) is 2. The maximum absolute atomic E-state index is 4.23. The van der Waals surface area contributed by atoms with Gasteiger partial charge in [0.25, 0.3) is 0 Å². The van der Waals surface area contributed by atoms with Crippen LogP contribution in [0.1, 0.15) is 5.69 Å². The lowest BCUT2D eigenvalue weighted by molar-refractivity contribution is 1.09. The normalized spacial score (nSPS) is 10.7.